The summed E-state index contributed by atoms with van der Waals surface area (Å²) in [6.45, 7) is 6.87. The van der Waals surface area contributed by atoms with E-state index in [0.29, 0.717) is 6.61 Å². The van der Waals surface area contributed by atoms with Gasteiger partial charge >= 0.3 is 5.97 Å². The van der Waals surface area contributed by atoms with E-state index in [1.807, 2.05) is 13.0 Å². The summed E-state index contributed by atoms with van der Waals surface area (Å²) in [6, 6.07) is 5.07. The number of rotatable bonds is 11. The molecule has 2 N–H and O–H groups in total. The van der Waals surface area contributed by atoms with Crippen molar-refractivity contribution >= 4 is 33.0 Å². The number of benzene rings is 2. The van der Waals surface area contributed by atoms with Gasteiger partial charge in [-0.05, 0) is 55.6 Å². The van der Waals surface area contributed by atoms with Crippen molar-refractivity contribution in [1.29, 1.82) is 0 Å². The summed E-state index contributed by atoms with van der Waals surface area (Å²) < 4.78 is 69.7. The molecule has 0 spiro atoms. The van der Waals surface area contributed by atoms with Crippen LogP contribution in [-0.4, -0.2) is 38.2 Å². The Morgan fingerprint density at radius 3 is 2.56 bits per heavy atom. The van der Waals surface area contributed by atoms with Crippen LogP contribution in [0.5, 0.6) is 11.5 Å². The second-order valence-corrected chi connectivity index (χ2v) is 13.4. The van der Waals surface area contributed by atoms with Crippen LogP contribution >= 0.6 is 11.3 Å². The Hall–Kier alpha value is -3.25. The maximum Gasteiger partial charge on any atom is 0.338 e. The molecule has 0 saturated heterocycles. The summed E-state index contributed by atoms with van der Waals surface area (Å²) in [6.07, 6.45) is 5.58. The standard InChI is InChI=1S/C29H34F2N2O6S2/c1-5-6-13-39-26-18(17-9-11-29(2,3)12-10-17)7-8-19(25(26)31)27-32-24(16-40-27)41(36,37)33-22-15-21(30)20(28(34)35)14-23(22)38-4/h7-8,14-17,33H,5-6,9-13H2,1-4H3,(H,34,35). The van der Waals surface area contributed by atoms with Gasteiger partial charge in [-0.2, -0.15) is 8.42 Å². The van der Waals surface area contributed by atoms with E-state index < -0.39 is 38.2 Å². The highest BCUT2D eigenvalue weighted by Crippen LogP contribution is 2.46. The average Bonchev–Trinajstić information content (AvgIpc) is 3.41. The van der Waals surface area contributed by atoms with E-state index in [-0.39, 0.29) is 39.1 Å². The number of anilines is 1. The Labute approximate surface area is 242 Å². The lowest BCUT2D eigenvalue weighted by Crippen LogP contribution is -2.21. The van der Waals surface area contributed by atoms with E-state index in [0.717, 1.165) is 67.6 Å². The number of hydrogen-bond acceptors (Lipinski definition) is 7. The number of nitrogens with zero attached hydrogens (tertiary/aromatic N) is 1. The van der Waals surface area contributed by atoms with Crippen molar-refractivity contribution in [3.8, 4) is 22.1 Å². The molecule has 1 fully saturated rings. The minimum Gasteiger partial charge on any atom is -0.495 e. The first-order valence-electron chi connectivity index (χ1n) is 13.4. The number of thiazole rings is 1. The number of methoxy groups -OCH3 is 1. The SMILES string of the molecule is CCCCOc1c(C2CCC(C)(C)CC2)ccc(-c2nc(S(=O)(=O)Nc3cc(F)c(C(=O)O)cc3OC)cs2)c1F. The van der Waals surface area contributed by atoms with Crippen molar-refractivity contribution in [1.82, 2.24) is 4.98 Å². The number of halogens is 2. The maximum atomic E-state index is 16.0. The molecule has 2 aromatic carbocycles. The number of aromatic carboxylic acids is 1. The molecule has 4 rings (SSSR count). The Morgan fingerprint density at radius 2 is 1.93 bits per heavy atom. The van der Waals surface area contributed by atoms with Gasteiger partial charge in [0.25, 0.3) is 10.0 Å². The van der Waals surface area contributed by atoms with Crippen molar-refractivity contribution in [2.75, 3.05) is 18.4 Å². The molecule has 41 heavy (non-hydrogen) atoms. The van der Waals surface area contributed by atoms with Crippen LogP contribution in [0.15, 0.2) is 34.7 Å². The fourth-order valence-electron chi connectivity index (χ4n) is 4.90. The van der Waals surface area contributed by atoms with Gasteiger partial charge in [-0.25, -0.2) is 18.6 Å². The minimum atomic E-state index is -4.36. The van der Waals surface area contributed by atoms with Crippen molar-refractivity contribution < 1.29 is 36.6 Å². The summed E-state index contributed by atoms with van der Waals surface area (Å²) in [5.41, 5.74) is 0.222. The lowest BCUT2D eigenvalue weighted by molar-refractivity contribution is 0.0691. The predicted octanol–water partition coefficient (Wildman–Crippen LogP) is 7.46. The van der Waals surface area contributed by atoms with Gasteiger partial charge in [-0.1, -0.05) is 33.3 Å². The molecule has 0 atom stereocenters. The normalized spacial score (nSPS) is 15.5. The predicted molar refractivity (Wildman–Crippen MR) is 154 cm³/mol. The van der Waals surface area contributed by atoms with E-state index >= 15 is 4.39 Å². The zero-order valence-electron chi connectivity index (χ0n) is 23.4. The number of ether oxygens (including phenoxy) is 2. The molecule has 0 aliphatic heterocycles. The third-order valence-electron chi connectivity index (χ3n) is 7.40. The third-order valence-corrected chi connectivity index (χ3v) is 9.68. The molecule has 8 nitrogen and oxygen atoms in total. The van der Waals surface area contributed by atoms with Gasteiger partial charge in [0.1, 0.15) is 16.6 Å². The molecule has 1 heterocycles. The molecule has 12 heteroatoms. The van der Waals surface area contributed by atoms with Crippen LogP contribution in [0.2, 0.25) is 0 Å². The molecular formula is C29H34F2N2O6S2. The van der Waals surface area contributed by atoms with Crippen LogP contribution in [-0.2, 0) is 10.0 Å². The lowest BCUT2D eigenvalue weighted by Gasteiger charge is -2.35. The van der Waals surface area contributed by atoms with Crippen molar-refractivity contribution in [2.45, 2.75) is 70.2 Å². The van der Waals surface area contributed by atoms with Crippen LogP contribution in [0.3, 0.4) is 0 Å². The second-order valence-electron chi connectivity index (χ2n) is 10.9. The molecule has 1 saturated carbocycles. The number of nitrogens with one attached hydrogen (secondary N) is 1. The molecular weight excluding hydrogens is 574 g/mol. The van der Waals surface area contributed by atoms with E-state index in [9.17, 15) is 17.6 Å². The van der Waals surface area contributed by atoms with Gasteiger partial charge in [0, 0.05) is 17.0 Å². The number of sulfonamides is 1. The number of carbonyl (C=O) groups is 1. The Bertz CT molecular complexity index is 1530. The molecule has 1 aliphatic rings. The Kier molecular flexibility index (Phi) is 9.22. The molecule has 0 bridgehead atoms. The van der Waals surface area contributed by atoms with Gasteiger partial charge in [0.2, 0.25) is 0 Å². The number of unbranched alkanes of at least 4 members (excludes halogenated alkanes) is 1. The van der Waals surface area contributed by atoms with Crippen LogP contribution in [0, 0.1) is 17.0 Å². The first-order chi connectivity index (χ1) is 19.4. The summed E-state index contributed by atoms with van der Waals surface area (Å²) in [7, 11) is -3.17. The van der Waals surface area contributed by atoms with Gasteiger partial charge in [0.05, 0.1) is 30.5 Å². The smallest absolute Gasteiger partial charge is 0.338 e. The van der Waals surface area contributed by atoms with Gasteiger partial charge in [-0.3, -0.25) is 4.72 Å². The highest BCUT2D eigenvalue weighted by atomic mass is 32.2. The van der Waals surface area contributed by atoms with Crippen LogP contribution in [0.1, 0.15) is 81.1 Å². The van der Waals surface area contributed by atoms with E-state index in [2.05, 4.69) is 23.6 Å². The van der Waals surface area contributed by atoms with Crippen LogP contribution in [0.25, 0.3) is 10.6 Å². The number of carboxylic acids is 1. The molecule has 0 amide bonds. The largest absolute Gasteiger partial charge is 0.495 e. The zero-order chi connectivity index (χ0) is 29.9. The number of hydrogen-bond donors (Lipinski definition) is 2. The molecule has 0 radical (unpaired) electrons. The summed E-state index contributed by atoms with van der Waals surface area (Å²) in [5, 5.41) is 10.1. The number of carboxylic acid groups (broad SMARTS) is 1. The van der Waals surface area contributed by atoms with E-state index in [1.54, 1.807) is 6.07 Å². The third kappa shape index (κ3) is 6.81. The monoisotopic (exact) mass is 608 g/mol. The van der Waals surface area contributed by atoms with E-state index in [4.69, 9.17) is 14.6 Å². The number of aromatic nitrogens is 1. The maximum absolute atomic E-state index is 16.0. The summed E-state index contributed by atoms with van der Waals surface area (Å²) in [4.78, 5) is 15.4. The highest BCUT2D eigenvalue weighted by molar-refractivity contribution is 7.92. The summed E-state index contributed by atoms with van der Waals surface area (Å²) in [5.74, 6) is -3.08. The lowest BCUT2D eigenvalue weighted by atomic mass is 9.71. The first-order valence-corrected chi connectivity index (χ1v) is 15.8. The van der Waals surface area contributed by atoms with E-state index in [1.165, 1.54) is 12.5 Å². The van der Waals surface area contributed by atoms with Gasteiger partial charge in [-0.15, -0.1) is 11.3 Å². The Balaban J connectivity index is 1.65. The fourth-order valence-corrected chi connectivity index (χ4v) is 7.08. The van der Waals surface area contributed by atoms with Crippen molar-refractivity contribution in [3.05, 3.63) is 52.4 Å². The minimum absolute atomic E-state index is 0.122. The molecule has 3 aromatic rings. The first kappa shape index (κ1) is 30.7. The quantitative estimate of drug-likeness (QED) is 0.217. The topological polar surface area (TPSA) is 115 Å². The van der Waals surface area contributed by atoms with Crippen molar-refractivity contribution in [2.24, 2.45) is 5.41 Å². The summed E-state index contributed by atoms with van der Waals surface area (Å²) >= 11 is 0.943. The zero-order valence-corrected chi connectivity index (χ0v) is 25.1. The molecule has 1 aliphatic carbocycles. The van der Waals surface area contributed by atoms with Crippen molar-refractivity contribution in [3.63, 3.8) is 0 Å². The average molecular weight is 609 g/mol. The Morgan fingerprint density at radius 1 is 1.22 bits per heavy atom. The van der Waals surface area contributed by atoms with Gasteiger partial charge in [0.15, 0.2) is 16.6 Å². The molecule has 0 unspecified atom stereocenters. The highest BCUT2D eigenvalue weighted by Gasteiger charge is 2.31. The molecule has 222 valence electrons. The van der Waals surface area contributed by atoms with Crippen LogP contribution in [0.4, 0.5) is 14.5 Å². The van der Waals surface area contributed by atoms with Gasteiger partial charge < -0.3 is 14.6 Å². The second kappa shape index (κ2) is 12.3. The van der Waals surface area contributed by atoms with Crippen LogP contribution < -0.4 is 14.2 Å². The molecule has 1 aromatic heterocycles. The fraction of sp³-hybridized carbons (Fsp3) is 0.448.